The van der Waals surface area contributed by atoms with E-state index in [0.717, 1.165) is 16.1 Å². The van der Waals surface area contributed by atoms with Gasteiger partial charge in [0.1, 0.15) is 17.2 Å². The number of rotatable bonds is 5. The largest absolute Gasteiger partial charge is 0.490 e. The Bertz CT molecular complexity index is 1010. The number of hydrogen-bond donors (Lipinski definition) is 2. The van der Waals surface area contributed by atoms with Crippen molar-refractivity contribution in [2.45, 2.75) is 6.92 Å². The van der Waals surface area contributed by atoms with E-state index in [2.05, 4.69) is 32.4 Å². The number of ether oxygens (including phenoxy) is 1. The molecular formula is C20H17ClN4O2S. The van der Waals surface area contributed by atoms with E-state index in [-0.39, 0.29) is 6.03 Å². The highest BCUT2D eigenvalue weighted by molar-refractivity contribution is 7.16. The Morgan fingerprint density at radius 2 is 2.00 bits per heavy atom. The lowest BCUT2D eigenvalue weighted by Crippen LogP contribution is -2.32. The van der Waals surface area contributed by atoms with Gasteiger partial charge in [0.15, 0.2) is 5.13 Å². The monoisotopic (exact) mass is 412 g/mol. The lowest BCUT2D eigenvalue weighted by atomic mass is 10.2. The van der Waals surface area contributed by atoms with Crippen molar-refractivity contribution in [1.29, 1.82) is 0 Å². The van der Waals surface area contributed by atoms with Crippen molar-refractivity contribution in [3.63, 3.8) is 0 Å². The maximum absolute atomic E-state index is 12.0. The Kier molecular flexibility index (Phi) is 6.84. The van der Waals surface area contributed by atoms with E-state index in [0.29, 0.717) is 29.1 Å². The summed E-state index contributed by atoms with van der Waals surface area (Å²) in [7, 11) is 0. The summed E-state index contributed by atoms with van der Waals surface area (Å²) in [6.07, 6.45) is 3.38. The van der Waals surface area contributed by atoms with Crippen LogP contribution in [0.5, 0.6) is 5.75 Å². The molecule has 2 amide bonds. The lowest BCUT2D eigenvalue weighted by molar-refractivity contribution is 0.247. The number of carbonyl (C=O) groups excluding carboxylic acids is 1. The van der Waals surface area contributed by atoms with E-state index in [4.69, 9.17) is 16.3 Å². The molecule has 0 bridgehead atoms. The van der Waals surface area contributed by atoms with Gasteiger partial charge in [-0.3, -0.25) is 10.3 Å². The number of para-hydroxylation sites is 1. The maximum Gasteiger partial charge on any atom is 0.321 e. The van der Waals surface area contributed by atoms with E-state index < -0.39 is 0 Å². The van der Waals surface area contributed by atoms with Crippen LogP contribution in [0.25, 0.3) is 0 Å². The van der Waals surface area contributed by atoms with Crippen LogP contribution in [-0.2, 0) is 0 Å². The van der Waals surface area contributed by atoms with Crippen molar-refractivity contribution < 1.29 is 9.53 Å². The molecule has 2 aromatic heterocycles. The molecule has 0 spiro atoms. The van der Waals surface area contributed by atoms with Crippen molar-refractivity contribution >= 4 is 34.1 Å². The minimum absolute atomic E-state index is 0.302. The number of anilines is 1. The zero-order valence-electron chi connectivity index (χ0n) is 15.0. The fraction of sp³-hybridized carbons (Fsp3) is 0.150. The molecule has 8 heteroatoms. The summed E-state index contributed by atoms with van der Waals surface area (Å²) in [5.41, 5.74) is 1.64. The quantitative estimate of drug-likeness (QED) is 0.488. The first kappa shape index (κ1) is 19.7. The highest BCUT2D eigenvalue weighted by atomic mass is 35.5. The minimum atomic E-state index is -0.356. The summed E-state index contributed by atoms with van der Waals surface area (Å²) in [6, 6.07) is 10.5. The van der Waals surface area contributed by atoms with Gasteiger partial charge >= 0.3 is 6.03 Å². The molecule has 142 valence electrons. The summed E-state index contributed by atoms with van der Waals surface area (Å²) in [5, 5.41) is 6.44. The lowest BCUT2D eigenvalue weighted by Gasteiger charge is -2.08. The number of thiazole rings is 1. The van der Waals surface area contributed by atoms with Crippen LogP contribution < -0.4 is 15.4 Å². The van der Waals surface area contributed by atoms with Gasteiger partial charge in [-0.2, -0.15) is 0 Å². The van der Waals surface area contributed by atoms with Gasteiger partial charge in [-0.1, -0.05) is 41.0 Å². The van der Waals surface area contributed by atoms with E-state index in [1.54, 1.807) is 24.5 Å². The normalized spacial score (nSPS) is 9.93. The van der Waals surface area contributed by atoms with Crippen LogP contribution in [0.15, 0.2) is 48.8 Å². The SMILES string of the molecule is Cc1nc(NC(=O)NCCOc2ccccc2Cl)sc1C#Cc1ccncc1. The molecule has 6 nitrogen and oxygen atoms in total. The molecule has 0 aliphatic heterocycles. The van der Waals surface area contributed by atoms with Crippen molar-refractivity contribution in [2.75, 3.05) is 18.5 Å². The number of aryl methyl sites for hydroxylation is 1. The number of pyridine rings is 1. The van der Waals surface area contributed by atoms with Gasteiger partial charge in [0, 0.05) is 18.0 Å². The molecule has 0 aliphatic rings. The first-order chi connectivity index (χ1) is 13.6. The summed E-state index contributed by atoms with van der Waals surface area (Å²) in [4.78, 5) is 21.1. The number of nitrogens with one attached hydrogen (secondary N) is 2. The molecule has 0 unspecified atom stereocenters. The van der Waals surface area contributed by atoms with E-state index in [9.17, 15) is 4.79 Å². The Hall–Kier alpha value is -3.08. The number of benzene rings is 1. The summed E-state index contributed by atoms with van der Waals surface area (Å²) in [5.74, 6) is 6.71. The number of urea groups is 1. The predicted molar refractivity (Wildman–Crippen MR) is 111 cm³/mol. The van der Waals surface area contributed by atoms with Crippen molar-refractivity contribution in [3.8, 4) is 17.6 Å². The van der Waals surface area contributed by atoms with Crippen LogP contribution in [-0.4, -0.2) is 29.2 Å². The second kappa shape index (κ2) is 9.74. The molecule has 3 aromatic rings. The maximum atomic E-state index is 12.0. The molecule has 3 rings (SSSR count). The van der Waals surface area contributed by atoms with Gasteiger partial charge in [0.25, 0.3) is 0 Å². The molecular weight excluding hydrogens is 396 g/mol. The number of amides is 2. The van der Waals surface area contributed by atoms with Crippen molar-refractivity contribution in [1.82, 2.24) is 15.3 Å². The predicted octanol–water partition coefficient (Wildman–Crippen LogP) is 4.10. The van der Waals surface area contributed by atoms with E-state index >= 15 is 0 Å². The van der Waals surface area contributed by atoms with Crippen LogP contribution >= 0.6 is 22.9 Å². The van der Waals surface area contributed by atoms with Crippen LogP contribution in [0.2, 0.25) is 5.02 Å². The smallest absolute Gasteiger partial charge is 0.321 e. The van der Waals surface area contributed by atoms with Gasteiger partial charge in [0.2, 0.25) is 0 Å². The zero-order valence-corrected chi connectivity index (χ0v) is 16.6. The topological polar surface area (TPSA) is 76.1 Å². The number of hydrogen-bond acceptors (Lipinski definition) is 5. The van der Waals surface area contributed by atoms with Gasteiger partial charge in [-0.25, -0.2) is 9.78 Å². The molecule has 0 atom stereocenters. The van der Waals surface area contributed by atoms with Crippen molar-refractivity contribution in [2.24, 2.45) is 0 Å². The molecule has 0 saturated heterocycles. The van der Waals surface area contributed by atoms with E-state index in [1.165, 1.54) is 11.3 Å². The van der Waals surface area contributed by atoms with Crippen LogP contribution in [0, 0.1) is 18.8 Å². The first-order valence-corrected chi connectivity index (χ1v) is 9.63. The fourth-order valence-corrected chi connectivity index (χ4v) is 3.16. The zero-order chi connectivity index (χ0) is 19.8. The average molecular weight is 413 g/mol. The molecule has 0 aliphatic carbocycles. The first-order valence-electron chi connectivity index (χ1n) is 8.43. The molecule has 1 aromatic carbocycles. The molecule has 0 fully saturated rings. The second-order valence-corrected chi connectivity index (χ2v) is 6.99. The molecule has 0 radical (unpaired) electrons. The highest BCUT2D eigenvalue weighted by Crippen LogP contribution is 2.23. The van der Waals surface area contributed by atoms with Crippen molar-refractivity contribution in [3.05, 3.63) is 69.9 Å². The molecule has 2 heterocycles. The molecule has 28 heavy (non-hydrogen) atoms. The second-order valence-electron chi connectivity index (χ2n) is 5.58. The molecule has 2 N–H and O–H groups in total. The Balaban J connectivity index is 1.48. The van der Waals surface area contributed by atoms with Gasteiger partial charge < -0.3 is 10.1 Å². The third-order valence-electron chi connectivity index (χ3n) is 3.50. The summed E-state index contributed by atoms with van der Waals surface area (Å²) < 4.78 is 5.52. The number of nitrogens with zero attached hydrogens (tertiary/aromatic N) is 2. The molecule has 0 saturated carbocycles. The fourth-order valence-electron chi connectivity index (χ4n) is 2.16. The van der Waals surface area contributed by atoms with E-state index in [1.807, 2.05) is 31.2 Å². The van der Waals surface area contributed by atoms with Gasteiger partial charge in [0.05, 0.1) is 17.3 Å². The number of halogens is 1. The Morgan fingerprint density at radius 3 is 2.79 bits per heavy atom. The Labute approximate surface area is 171 Å². The van der Waals surface area contributed by atoms with Gasteiger partial charge in [-0.05, 0) is 37.1 Å². The minimum Gasteiger partial charge on any atom is -0.490 e. The average Bonchev–Trinajstić information content (AvgIpc) is 3.04. The third kappa shape index (κ3) is 5.71. The summed E-state index contributed by atoms with van der Waals surface area (Å²) >= 11 is 7.33. The highest BCUT2D eigenvalue weighted by Gasteiger charge is 2.09. The number of carbonyl (C=O) groups is 1. The van der Waals surface area contributed by atoms with Gasteiger partial charge in [-0.15, -0.1) is 0 Å². The Morgan fingerprint density at radius 1 is 1.21 bits per heavy atom. The van der Waals surface area contributed by atoms with Crippen LogP contribution in [0.4, 0.5) is 9.93 Å². The number of aromatic nitrogens is 2. The van der Waals surface area contributed by atoms with Crippen LogP contribution in [0.1, 0.15) is 16.1 Å². The van der Waals surface area contributed by atoms with Crippen LogP contribution in [0.3, 0.4) is 0 Å². The summed E-state index contributed by atoms with van der Waals surface area (Å²) in [6.45, 7) is 2.49. The third-order valence-corrected chi connectivity index (χ3v) is 4.80. The standard InChI is InChI=1S/C20H17ClN4O2S/c1-14-18(7-6-15-8-10-22-11-9-15)28-20(24-14)25-19(26)23-12-13-27-17-5-3-2-4-16(17)21/h2-5,8-11H,12-13H2,1H3,(H2,23,24,25,26).